The Morgan fingerprint density at radius 1 is 1.22 bits per heavy atom. The fourth-order valence-electron chi connectivity index (χ4n) is 2.05. The van der Waals surface area contributed by atoms with Gasteiger partial charge in [0.05, 0.1) is 11.3 Å². The molecule has 23 heavy (non-hydrogen) atoms. The van der Waals surface area contributed by atoms with Crippen LogP contribution in [0.5, 0.6) is 0 Å². The van der Waals surface area contributed by atoms with Crippen molar-refractivity contribution >= 4 is 23.2 Å². The Kier molecular flexibility index (Phi) is 5.05. The van der Waals surface area contributed by atoms with Gasteiger partial charge in [0.25, 0.3) is 0 Å². The summed E-state index contributed by atoms with van der Waals surface area (Å²) < 4.78 is 13.3. The molecule has 0 aromatic heterocycles. The summed E-state index contributed by atoms with van der Waals surface area (Å²) in [6, 6.07) is 13.9. The average Bonchev–Trinajstić information content (AvgIpc) is 2.53. The third-order valence-electron chi connectivity index (χ3n) is 3.12. The van der Waals surface area contributed by atoms with Gasteiger partial charge in [0.15, 0.2) is 0 Å². The molecule has 6 heteroatoms. The number of carbonyl (C=O) groups excluding carboxylic acids is 2. The lowest BCUT2D eigenvalue weighted by molar-refractivity contribution is -0.120. The van der Waals surface area contributed by atoms with E-state index in [2.05, 4.69) is 5.32 Å². The molecule has 0 saturated heterocycles. The van der Waals surface area contributed by atoms with Crippen molar-refractivity contribution in [3.63, 3.8) is 0 Å². The number of hydrogen-bond acceptors (Lipinski definition) is 3. The normalized spacial score (nSPS) is 9.78. The Morgan fingerprint density at radius 3 is 2.61 bits per heavy atom. The first-order chi connectivity index (χ1) is 11.0. The second-order valence-electron chi connectivity index (χ2n) is 4.79. The van der Waals surface area contributed by atoms with E-state index in [1.807, 2.05) is 6.07 Å². The summed E-state index contributed by atoms with van der Waals surface area (Å²) in [4.78, 5) is 25.0. The summed E-state index contributed by atoms with van der Waals surface area (Å²) >= 11 is 0. The molecule has 0 radical (unpaired) electrons. The maximum absolute atomic E-state index is 13.3. The third-order valence-corrected chi connectivity index (χ3v) is 3.12. The molecule has 2 aromatic carbocycles. The Hall–Kier alpha value is -3.20. The number of halogens is 1. The van der Waals surface area contributed by atoms with Gasteiger partial charge in [-0.2, -0.15) is 5.26 Å². The van der Waals surface area contributed by atoms with Gasteiger partial charge in [0, 0.05) is 12.6 Å². The lowest BCUT2D eigenvalue weighted by atomic mass is 10.2. The van der Waals surface area contributed by atoms with Crippen molar-refractivity contribution in [2.75, 3.05) is 16.8 Å². The van der Waals surface area contributed by atoms with Crippen molar-refractivity contribution < 1.29 is 14.0 Å². The lowest BCUT2D eigenvalue weighted by Gasteiger charge is -2.20. The van der Waals surface area contributed by atoms with E-state index < -0.39 is 11.7 Å². The van der Waals surface area contributed by atoms with Gasteiger partial charge in [-0.05, 0) is 30.3 Å². The van der Waals surface area contributed by atoms with Crippen LogP contribution < -0.4 is 10.2 Å². The smallest absolute Gasteiger partial charge is 0.244 e. The molecule has 0 spiro atoms. The maximum Gasteiger partial charge on any atom is 0.244 e. The predicted octanol–water partition coefficient (Wildman–Crippen LogP) is 2.69. The van der Waals surface area contributed by atoms with Crippen molar-refractivity contribution in [1.82, 2.24) is 0 Å². The van der Waals surface area contributed by atoms with Crippen molar-refractivity contribution in [2.45, 2.75) is 6.92 Å². The summed E-state index contributed by atoms with van der Waals surface area (Å²) in [5.41, 5.74) is 0.977. The molecule has 0 aliphatic carbocycles. The molecular formula is C17H14FN3O2. The highest BCUT2D eigenvalue weighted by Crippen LogP contribution is 2.17. The highest BCUT2D eigenvalue weighted by atomic mass is 19.1. The van der Waals surface area contributed by atoms with E-state index in [4.69, 9.17) is 5.26 Å². The molecule has 2 amide bonds. The number of nitriles is 1. The van der Waals surface area contributed by atoms with E-state index >= 15 is 0 Å². The summed E-state index contributed by atoms with van der Waals surface area (Å²) in [6.07, 6.45) is 0. The van der Waals surface area contributed by atoms with Crippen molar-refractivity contribution in [2.24, 2.45) is 0 Å². The molecule has 1 N–H and O–H groups in total. The summed E-state index contributed by atoms with van der Waals surface area (Å²) in [6.45, 7) is 1.01. The van der Waals surface area contributed by atoms with Crippen LogP contribution in [-0.4, -0.2) is 18.4 Å². The van der Waals surface area contributed by atoms with Crippen LogP contribution in [0.2, 0.25) is 0 Å². The highest BCUT2D eigenvalue weighted by Gasteiger charge is 2.17. The molecule has 0 bridgehead atoms. The molecular weight excluding hydrogens is 297 g/mol. The minimum atomic E-state index is -0.496. The summed E-state index contributed by atoms with van der Waals surface area (Å²) in [5.74, 6) is -1.37. The van der Waals surface area contributed by atoms with E-state index in [1.165, 1.54) is 25.1 Å². The predicted molar refractivity (Wildman–Crippen MR) is 84.2 cm³/mol. The molecule has 2 aromatic rings. The number of amides is 2. The van der Waals surface area contributed by atoms with Gasteiger partial charge in [-0.15, -0.1) is 0 Å². The fraction of sp³-hybridized carbons (Fsp3) is 0.118. The van der Waals surface area contributed by atoms with Crippen molar-refractivity contribution in [3.8, 4) is 6.07 Å². The van der Waals surface area contributed by atoms with Gasteiger partial charge in [0.1, 0.15) is 18.4 Å². The van der Waals surface area contributed by atoms with Crippen LogP contribution >= 0.6 is 0 Å². The first kappa shape index (κ1) is 16.2. The van der Waals surface area contributed by atoms with Gasteiger partial charge in [0.2, 0.25) is 11.8 Å². The molecule has 0 heterocycles. The van der Waals surface area contributed by atoms with E-state index in [9.17, 15) is 14.0 Å². The van der Waals surface area contributed by atoms with Crippen molar-refractivity contribution in [3.05, 3.63) is 59.9 Å². The second kappa shape index (κ2) is 7.18. The largest absolute Gasteiger partial charge is 0.323 e. The lowest BCUT2D eigenvalue weighted by Crippen LogP contribution is -2.36. The minimum Gasteiger partial charge on any atom is -0.323 e. The first-order valence-corrected chi connectivity index (χ1v) is 6.84. The van der Waals surface area contributed by atoms with E-state index in [0.29, 0.717) is 16.9 Å². The van der Waals surface area contributed by atoms with Gasteiger partial charge in [-0.25, -0.2) is 4.39 Å². The number of nitrogens with zero attached hydrogens (tertiary/aromatic N) is 2. The third kappa shape index (κ3) is 4.14. The monoisotopic (exact) mass is 311 g/mol. The zero-order chi connectivity index (χ0) is 16.8. The molecule has 0 fully saturated rings. The van der Waals surface area contributed by atoms with Crippen LogP contribution in [0.15, 0.2) is 48.5 Å². The van der Waals surface area contributed by atoms with Gasteiger partial charge >= 0.3 is 0 Å². The molecule has 0 aliphatic rings. The summed E-state index contributed by atoms with van der Waals surface area (Å²) in [7, 11) is 0. The quantitative estimate of drug-likeness (QED) is 0.943. The van der Waals surface area contributed by atoms with Gasteiger partial charge in [-0.3, -0.25) is 9.59 Å². The van der Waals surface area contributed by atoms with Gasteiger partial charge in [-0.1, -0.05) is 18.2 Å². The maximum atomic E-state index is 13.3. The number of benzene rings is 2. The molecule has 0 atom stereocenters. The van der Waals surface area contributed by atoms with Crippen molar-refractivity contribution in [1.29, 1.82) is 5.26 Å². The number of nitrogens with one attached hydrogen (secondary N) is 1. The Balaban J connectivity index is 2.16. The Labute approximate surface area is 133 Å². The highest BCUT2D eigenvalue weighted by molar-refractivity contribution is 6.02. The number of carbonyl (C=O) groups is 2. The van der Waals surface area contributed by atoms with E-state index in [-0.39, 0.29) is 12.5 Å². The van der Waals surface area contributed by atoms with Gasteiger partial charge < -0.3 is 10.2 Å². The SMILES string of the molecule is CC(=O)N(CC(=O)Nc1ccccc1C#N)c1cccc(F)c1. The molecule has 0 unspecified atom stereocenters. The number of anilines is 2. The fourth-order valence-corrected chi connectivity index (χ4v) is 2.05. The van der Waals surface area contributed by atoms with E-state index in [0.717, 1.165) is 4.90 Å². The van der Waals surface area contributed by atoms with Crippen LogP contribution in [0.25, 0.3) is 0 Å². The van der Waals surface area contributed by atoms with Crippen LogP contribution in [0.4, 0.5) is 15.8 Å². The minimum absolute atomic E-state index is 0.279. The van der Waals surface area contributed by atoms with Crippen LogP contribution in [-0.2, 0) is 9.59 Å². The number of rotatable bonds is 4. The number of para-hydroxylation sites is 1. The standard InChI is InChI=1S/C17H14FN3O2/c1-12(22)21(15-7-4-6-14(18)9-15)11-17(23)20-16-8-3-2-5-13(16)10-19/h2-9H,11H2,1H3,(H,20,23). The average molecular weight is 311 g/mol. The van der Waals surface area contributed by atoms with E-state index in [1.54, 1.807) is 30.3 Å². The zero-order valence-corrected chi connectivity index (χ0v) is 12.4. The topological polar surface area (TPSA) is 73.2 Å². The molecule has 0 saturated carbocycles. The zero-order valence-electron chi connectivity index (χ0n) is 12.4. The summed E-state index contributed by atoms with van der Waals surface area (Å²) in [5, 5.41) is 11.6. The number of hydrogen-bond donors (Lipinski definition) is 1. The molecule has 0 aliphatic heterocycles. The molecule has 5 nitrogen and oxygen atoms in total. The first-order valence-electron chi connectivity index (χ1n) is 6.84. The second-order valence-corrected chi connectivity index (χ2v) is 4.79. The Bertz CT molecular complexity index is 783. The Morgan fingerprint density at radius 2 is 1.96 bits per heavy atom. The van der Waals surface area contributed by atoms with Crippen LogP contribution in [0.1, 0.15) is 12.5 Å². The molecule has 116 valence electrons. The van der Waals surface area contributed by atoms with Crippen LogP contribution in [0.3, 0.4) is 0 Å². The van der Waals surface area contributed by atoms with Crippen LogP contribution in [0, 0.1) is 17.1 Å². The molecule has 2 rings (SSSR count).